The number of nitrogens with one attached hydrogen (secondary N) is 1. The minimum Gasteiger partial charge on any atom is -0.296 e. The van der Waals surface area contributed by atoms with Gasteiger partial charge in [-0.1, -0.05) is 73.7 Å². The second-order valence-corrected chi connectivity index (χ2v) is 9.44. The van der Waals surface area contributed by atoms with Crippen LogP contribution in [0.2, 0.25) is 0 Å². The molecule has 0 amide bonds. The molecule has 3 rings (SSSR count). The van der Waals surface area contributed by atoms with E-state index in [1.54, 1.807) is 0 Å². The van der Waals surface area contributed by atoms with Crippen LogP contribution < -0.4 is 15.7 Å². The van der Waals surface area contributed by atoms with Gasteiger partial charge in [0, 0.05) is 10.6 Å². The molecule has 0 aliphatic rings. The fourth-order valence-electron chi connectivity index (χ4n) is 3.59. The van der Waals surface area contributed by atoms with Crippen molar-refractivity contribution in [1.82, 2.24) is 5.09 Å². The average molecular weight is 388 g/mol. The highest BCUT2D eigenvalue weighted by Crippen LogP contribution is 2.46. The van der Waals surface area contributed by atoms with Gasteiger partial charge in [0.15, 0.2) is 0 Å². The average Bonchev–Trinajstić information content (AvgIpc) is 2.73. The Kier molecular flexibility index (Phi) is 5.84. The second kappa shape index (κ2) is 8.15. The standard InChI is InChI=1S/C24H25N2OP/c1-4-24(18-25,21-14-6-5-7-15-21)26-28(27,22-16-10-8-12-19(22)2)23-17-11-9-13-20(23)3/h5-17H,4H2,1-3H3,(H,26,27)/t24-/m0/s1. The summed E-state index contributed by atoms with van der Waals surface area (Å²) in [7, 11) is -3.29. The molecule has 0 saturated carbocycles. The molecule has 142 valence electrons. The third kappa shape index (κ3) is 3.54. The SMILES string of the molecule is CC[C@@](C#N)(NP(=O)(c1ccccc1C)c1ccccc1C)c1ccccc1. The minimum absolute atomic E-state index is 0.495. The molecule has 3 aromatic carbocycles. The van der Waals surface area contributed by atoms with Crippen LogP contribution in [-0.4, -0.2) is 0 Å². The van der Waals surface area contributed by atoms with Gasteiger partial charge < -0.3 is 0 Å². The highest BCUT2D eigenvalue weighted by molar-refractivity contribution is 7.77. The number of rotatable bonds is 6. The predicted octanol–water partition coefficient (Wildman–Crippen LogP) is 4.95. The normalized spacial score (nSPS) is 13.5. The van der Waals surface area contributed by atoms with Crippen molar-refractivity contribution in [3.63, 3.8) is 0 Å². The van der Waals surface area contributed by atoms with Crippen LogP contribution in [0.3, 0.4) is 0 Å². The zero-order valence-electron chi connectivity index (χ0n) is 16.5. The minimum atomic E-state index is -3.29. The van der Waals surface area contributed by atoms with Gasteiger partial charge in [-0.25, -0.2) is 5.09 Å². The van der Waals surface area contributed by atoms with E-state index in [0.717, 1.165) is 27.3 Å². The summed E-state index contributed by atoms with van der Waals surface area (Å²) in [5, 5.41) is 15.0. The maximum Gasteiger partial charge on any atom is 0.206 e. The molecule has 0 aliphatic heterocycles. The maximum atomic E-state index is 14.7. The second-order valence-electron chi connectivity index (χ2n) is 7.03. The molecule has 0 aromatic heterocycles. The van der Waals surface area contributed by atoms with Crippen molar-refractivity contribution < 1.29 is 4.57 Å². The van der Waals surface area contributed by atoms with E-state index in [0.29, 0.717) is 6.42 Å². The van der Waals surface area contributed by atoms with E-state index in [-0.39, 0.29) is 0 Å². The van der Waals surface area contributed by atoms with Crippen LogP contribution in [0.25, 0.3) is 0 Å². The van der Waals surface area contributed by atoms with Gasteiger partial charge in [-0.2, -0.15) is 5.26 Å². The Labute approximate surface area is 167 Å². The van der Waals surface area contributed by atoms with Crippen molar-refractivity contribution in [2.45, 2.75) is 32.7 Å². The lowest BCUT2D eigenvalue weighted by Crippen LogP contribution is -2.44. The molecule has 0 bridgehead atoms. The van der Waals surface area contributed by atoms with Crippen LogP contribution >= 0.6 is 7.29 Å². The number of nitrogens with zero attached hydrogens (tertiary/aromatic N) is 1. The number of hydrogen-bond donors (Lipinski definition) is 1. The highest BCUT2D eigenvalue weighted by atomic mass is 31.2. The molecule has 0 unspecified atom stereocenters. The van der Waals surface area contributed by atoms with Gasteiger partial charge in [0.25, 0.3) is 0 Å². The third-order valence-electron chi connectivity index (χ3n) is 5.25. The quantitative estimate of drug-likeness (QED) is 0.608. The number of benzene rings is 3. The number of aryl methyl sites for hydroxylation is 2. The van der Waals surface area contributed by atoms with Gasteiger partial charge in [0.2, 0.25) is 7.29 Å². The Morgan fingerprint density at radius 2 is 1.32 bits per heavy atom. The van der Waals surface area contributed by atoms with Gasteiger partial charge in [0.05, 0.1) is 6.07 Å². The van der Waals surface area contributed by atoms with Crippen molar-refractivity contribution in [3.05, 3.63) is 95.6 Å². The Hall–Kier alpha value is -2.66. The van der Waals surface area contributed by atoms with E-state index in [1.807, 2.05) is 99.6 Å². The fraction of sp³-hybridized carbons (Fsp3) is 0.208. The summed E-state index contributed by atoms with van der Waals surface area (Å²) in [6.45, 7) is 5.87. The van der Waals surface area contributed by atoms with Crippen LogP contribution in [0.5, 0.6) is 0 Å². The van der Waals surface area contributed by atoms with Crippen molar-refractivity contribution in [2.24, 2.45) is 0 Å². The molecule has 0 aliphatic carbocycles. The first-order valence-corrected chi connectivity index (χ1v) is 11.2. The summed E-state index contributed by atoms with van der Waals surface area (Å²) < 4.78 is 14.7. The number of nitriles is 1. The smallest absolute Gasteiger partial charge is 0.206 e. The Morgan fingerprint density at radius 1 is 0.857 bits per heavy atom. The summed E-state index contributed by atoms with van der Waals surface area (Å²) in [5.74, 6) is 0. The van der Waals surface area contributed by atoms with Gasteiger partial charge >= 0.3 is 0 Å². The summed E-state index contributed by atoms with van der Waals surface area (Å²) in [5.41, 5.74) is 1.65. The molecule has 3 nitrogen and oxygen atoms in total. The third-order valence-corrected chi connectivity index (χ3v) is 8.30. The van der Waals surface area contributed by atoms with Crippen LogP contribution in [0.15, 0.2) is 78.9 Å². The van der Waals surface area contributed by atoms with E-state index >= 15 is 0 Å². The molecule has 1 atom stereocenters. The molecular formula is C24H25N2OP. The van der Waals surface area contributed by atoms with E-state index in [4.69, 9.17) is 0 Å². The van der Waals surface area contributed by atoms with E-state index in [1.165, 1.54) is 0 Å². The van der Waals surface area contributed by atoms with Gasteiger partial charge in [0.1, 0.15) is 5.54 Å². The van der Waals surface area contributed by atoms with Crippen LogP contribution in [0.4, 0.5) is 0 Å². The van der Waals surface area contributed by atoms with E-state index in [9.17, 15) is 9.83 Å². The molecule has 4 heteroatoms. The first kappa shape index (κ1) is 20.1. The summed E-state index contributed by atoms with van der Waals surface area (Å²) >= 11 is 0. The molecule has 1 N–H and O–H groups in total. The van der Waals surface area contributed by atoms with Gasteiger partial charge in [-0.3, -0.25) is 4.57 Å². The highest BCUT2D eigenvalue weighted by Gasteiger charge is 2.41. The van der Waals surface area contributed by atoms with Crippen LogP contribution in [0.1, 0.15) is 30.0 Å². The predicted molar refractivity (Wildman–Crippen MR) is 116 cm³/mol. The van der Waals surface area contributed by atoms with Crippen molar-refractivity contribution in [2.75, 3.05) is 0 Å². The Bertz CT molecular complexity index is 1010. The summed E-state index contributed by atoms with van der Waals surface area (Å²) in [6.07, 6.45) is 0.495. The summed E-state index contributed by atoms with van der Waals surface area (Å²) in [4.78, 5) is 0. The van der Waals surface area contributed by atoms with Crippen molar-refractivity contribution >= 4 is 17.9 Å². The molecule has 0 fully saturated rings. The maximum absolute atomic E-state index is 14.7. The lowest BCUT2D eigenvalue weighted by atomic mass is 9.90. The first-order chi connectivity index (χ1) is 13.5. The summed E-state index contributed by atoms with van der Waals surface area (Å²) in [6, 6.07) is 27.4. The fourth-order valence-corrected chi connectivity index (χ4v) is 6.70. The molecule has 28 heavy (non-hydrogen) atoms. The Morgan fingerprint density at radius 3 is 1.75 bits per heavy atom. The molecule has 0 spiro atoms. The van der Waals surface area contributed by atoms with E-state index in [2.05, 4.69) is 11.2 Å². The molecule has 0 heterocycles. The van der Waals surface area contributed by atoms with Gasteiger partial charge in [-0.15, -0.1) is 0 Å². The van der Waals surface area contributed by atoms with Crippen molar-refractivity contribution in [1.29, 1.82) is 5.26 Å². The van der Waals surface area contributed by atoms with Crippen molar-refractivity contribution in [3.8, 4) is 6.07 Å². The zero-order valence-corrected chi connectivity index (χ0v) is 17.4. The van der Waals surface area contributed by atoms with E-state index < -0.39 is 12.8 Å². The van der Waals surface area contributed by atoms with Crippen LogP contribution in [0, 0.1) is 25.2 Å². The lowest BCUT2D eigenvalue weighted by molar-refractivity contribution is 0.484. The monoisotopic (exact) mass is 388 g/mol. The number of hydrogen-bond acceptors (Lipinski definition) is 2. The van der Waals surface area contributed by atoms with Crippen LogP contribution in [-0.2, 0) is 10.1 Å². The van der Waals surface area contributed by atoms with Gasteiger partial charge in [-0.05, 0) is 49.1 Å². The molecule has 0 radical (unpaired) electrons. The first-order valence-electron chi connectivity index (χ1n) is 9.45. The zero-order chi connectivity index (χ0) is 20.2. The topological polar surface area (TPSA) is 52.9 Å². The molecular weight excluding hydrogens is 363 g/mol. The largest absolute Gasteiger partial charge is 0.296 e. The molecule has 0 saturated heterocycles. The Balaban J connectivity index is 2.27. The lowest BCUT2D eigenvalue weighted by Gasteiger charge is -2.34. The molecule has 3 aromatic rings.